The summed E-state index contributed by atoms with van der Waals surface area (Å²) in [6.07, 6.45) is 1.03. The molecule has 2 aromatic carbocycles. The van der Waals surface area contributed by atoms with Crippen LogP contribution >= 0.6 is 11.6 Å². The summed E-state index contributed by atoms with van der Waals surface area (Å²) < 4.78 is 48.6. The Bertz CT molecular complexity index is 916. The van der Waals surface area contributed by atoms with Crippen LogP contribution in [0.5, 0.6) is 0 Å². The summed E-state index contributed by atoms with van der Waals surface area (Å²) in [4.78, 5) is 0.109. The van der Waals surface area contributed by atoms with Gasteiger partial charge in [-0.05, 0) is 42.3 Å². The molecule has 0 fully saturated rings. The maximum atomic E-state index is 12.5. The molecule has 2 aromatic rings. The van der Waals surface area contributed by atoms with Gasteiger partial charge in [0.05, 0.1) is 15.5 Å². The molecule has 0 saturated carbocycles. The van der Waals surface area contributed by atoms with Crippen LogP contribution in [0.25, 0.3) is 0 Å². The highest BCUT2D eigenvalue weighted by Crippen LogP contribution is 2.25. The molecule has 4 nitrogen and oxygen atoms in total. The molecule has 0 spiro atoms. The highest BCUT2D eigenvalue weighted by molar-refractivity contribution is 7.91. The SMILES string of the molecule is Cc1cccc(S(=O)(=O)Cc2ccc(Cl)cc2S(C)(=O)=O)c1. The van der Waals surface area contributed by atoms with E-state index in [1.54, 1.807) is 25.1 Å². The highest BCUT2D eigenvalue weighted by Gasteiger charge is 2.21. The average molecular weight is 359 g/mol. The Labute approximate surface area is 135 Å². The largest absolute Gasteiger partial charge is 0.224 e. The van der Waals surface area contributed by atoms with Gasteiger partial charge >= 0.3 is 0 Å². The quantitative estimate of drug-likeness (QED) is 0.842. The zero-order valence-corrected chi connectivity index (χ0v) is 14.5. The van der Waals surface area contributed by atoms with Crippen molar-refractivity contribution in [2.45, 2.75) is 22.5 Å². The fourth-order valence-electron chi connectivity index (χ4n) is 2.09. The molecule has 0 heterocycles. The Hall–Kier alpha value is -1.37. The predicted octanol–water partition coefficient (Wildman–Crippen LogP) is 3.03. The minimum atomic E-state index is -3.64. The first-order valence-electron chi connectivity index (χ1n) is 6.37. The van der Waals surface area contributed by atoms with E-state index in [4.69, 9.17) is 11.6 Å². The van der Waals surface area contributed by atoms with Gasteiger partial charge in [-0.1, -0.05) is 29.8 Å². The van der Waals surface area contributed by atoms with Crippen molar-refractivity contribution in [3.63, 3.8) is 0 Å². The molecule has 0 bridgehead atoms. The van der Waals surface area contributed by atoms with Crippen molar-refractivity contribution in [3.05, 3.63) is 58.6 Å². The third-order valence-electron chi connectivity index (χ3n) is 3.12. The normalized spacial score (nSPS) is 12.3. The van der Waals surface area contributed by atoms with Gasteiger partial charge in [0, 0.05) is 11.3 Å². The van der Waals surface area contributed by atoms with Crippen LogP contribution in [0.3, 0.4) is 0 Å². The van der Waals surface area contributed by atoms with E-state index in [1.807, 2.05) is 0 Å². The Morgan fingerprint density at radius 1 is 1.00 bits per heavy atom. The molecule has 0 amide bonds. The van der Waals surface area contributed by atoms with E-state index in [-0.39, 0.29) is 20.4 Å². The second-order valence-electron chi connectivity index (χ2n) is 5.10. The summed E-state index contributed by atoms with van der Waals surface area (Å²) in [5, 5.41) is 0.247. The van der Waals surface area contributed by atoms with Crippen molar-refractivity contribution in [2.24, 2.45) is 0 Å². The first-order valence-corrected chi connectivity index (χ1v) is 10.3. The van der Waals surface area contributed by atoms with Gasteiger partial charge in [0.2, 0.25) is 0 Å². The zero-order valence-electron chi connectivity index (χ0n) is 12.1. The molecule has 0 N–H and O–H groups in total. The molecule has 0 aliphatic rings. The molecule has 2 rings (SSSR count). The van der Waals surface area contributed by atoms with Crippen LogP contribution in [-0.2, 0) is 25.4 Å². The smallest absolute Gasteiger partial charge is 0.182 e. The first-order chi connectivity index (χ1) is 10.1. The minimum Gasteiger partial charge on any atom is -0.224 e. The molecule has 7 heteroatoms. The number of hydrogen-bond acceptors (Lipinski definition) is 4. The van der Waals surface area contributed by atoms with E-state index in [9.17, 15) is 16.8 Å². The van der Waals surface area contributed by atoms with Gasteiger partial charge in [0.25, 0.3) is 0 Å². The molecule has 0 aliphatic heterocycles. The second-order valence-corrected chi connectivity index (χ2v) is 9.51. The molecular formula is C15H15ClO4S2. The number of halogens is 1. The third-order valence-corrected chi connectivity index (χ3v) is 6.20. The fourth-order valence-corrected chi connectivity index (χ4v) is 4.85. The van der Waals surface area contributed by atoms with Crippen LogP contribution in [0.2, 0.25) is 5.02 Å². The van der Waals surface area contributed by atoms with Crippen LogP contribution in [0.1, 0.15) is 11.1 Å². The third kappa shape index (κ3) is 3.88. The van der Waals surface area contributed by atoms with Crippen molar-refractivity contribution in [3.8, 4) is 0 Å². The molecule has 0 atom stereocenters. The molecule has 0 aliphatic carbocycles. The maximum Gasteiger partial charge on any atom is 0.182 e. The van der Waals surface area contributed by atoms with Gasteiger partial charge < -0.3 is 0 Å². The van der Waals surface area contributed by atoms with Crippen molar-refractivity contribution < 1.29 is 16.8 Å². The van der Waals surface area contributed by atoms with Gasteiger partial charge in [-0.3, -0.25) is 0 Å². The fraction of sp³-hybridized carbons (Fsp3) is 0.200. The minimum absolute atomic E-state index is 0.0590. The molecule has 0 saturated heterocycles. The van der Waals surface area contributed by atoms with Crippen LogP contribution in [0.4, 0.5) is 0 Å². The lowest BCUT2D eigenvalue weighted by Gasteiger charge is -2.10. The Morgan fingerprint density at radius 3 is 2.27 bits per heavy atom. The van der Waals surface area contributed by atoms with Crippen LogP contribution in [0, 0.1) is 6.92 Å². The Kier molecular flexibility index (Phi) is 4.65. The summed E-state index contributed by atoms with van der Waals surface area (Å²) in [5.41, 5.74) is 1.04. The second kappa shape index (κ2) is 6.02. The van der Waals surface area contributed by atoms with Gasteiger partial charge in [-0.25, -0.2) is 16.8 Å². The number of aryl methyl sites for hydroxylation is 1. The first kappa shape index (κ1) is 17.0. The Balaban J connectivity index is 2.51. The lowest BCUT2D eigenvalue weighted by Crippen LogP contribution is -2.09. The lowest BCUT2D eigenvalue weighted by atomic mass is 10.2. The maximum absolute atomic E-state index is 12.5. The predicted molar refractivity (Wildman–Crippen MR) is 86.6 cm³/mol. The molecule has 0 unspecified atom stereocenters. The monoisotopic (exact) mass is 358 g/mol. The molecule has 0 radical (unpaired) electrons. The lowest BCUT2D eigenvalue weighted by molar-refractivity contribution is 0.594. The standard InChI is InChI=1S/C15H15ClO4S2/c1-11-4-3-5-14(8-11)22(19,20)10-12-6-7-13(16)9-15(12)21(2,17)18/h3-9H,10H2,1-2H3. The summed E-state index contributed by atoms with van der Waals surface area (Å²) in [5.74, 6) is -0.393. The molecule has 22 heavy (non-hydrogen) atoms. The van der Waals surface area contributed by atoms with Crippen molar-refractivity contribution in [1.29, 1.82) is 0 Å². The number of hydrogen-bond donors (Lipinski definition) is 0. The summed E-state index contributed by atoms with van der Waals surface area (Å²) >= 11 is 5.82. The number of rotatable bonds is 4. The van der Waals surface area contributed by atoms with Gasteiger partial charge in [0.1, 0.15) is 0 Å². The summed E-state index contributed by atoms with van der Waals surface area (Å²) in [6.45, 7) is 1.79. The van der Waals surface area contributed by atoms with Crippen LogP contribution < -0.4 is 0 Å². The number of benzene rings is 2. The molecule has 118 valence electrons. The van der Waals surface area contributed by atoms with Gasteiger partial charge in [-0.15, -0.1) is 0 Å². The van der Waals surface area contributed by atoms with E-state index in [0.29, 0.717) is 0 Å². The van der Waals surface area contributed by atoms with Gasteiger partial charge in [0.15, 0.2) is 19.7 Å². The van der Waals surface area contributed by atoms with E-state index in [2.05, 4.69) is 0 Å². The average Bonchev–Trinajstić information content (AvgIpc) is 2.39. The Morgan fingerprint density at radius 2 is 1.68 bits per heavy atom. The van der Waals surface area contributed by atoms with Gasteiger partial charge in [-0.2, -0.15) is 0 Å². The van der Waals surface area contributed by atoms with Crippen molar-refractivity contribution in [1.82, 2.24) is 0 Å². The summed E-state index contributed by atoms with van der Waals surface area (Å²) in [6, 6.07) is 10.7. The van der Waals surface area contributed by atoms with E-state index < -0.39 is 25.4 Å². The van der Waals surface area contributed by atoms with E-state index in [0.717, 1.165) is 11.8 Å². The van der Waals surface area contributed by atoms with Crippen LogP contribution in [0.15, 0.2) is 52.3 Å². The van der Waals surface area contributed by atoms with E-state index in [1.165, 1.54) is 24.3 Å². The van der Waals surface area contributed by atoms with Crippen molar-refractivity contribution in [2.75, 3.05) is 6.26 Å². The number of sulfone groups is 2. The zero-order chi connectivity index (χ0) is 16.5. The molecular weight excluding hydrogens is 344 g/mol. The highest BCUT2D eigenvalue weighted by atomic mass is 35.5. The summed E-state index contributed by atoms with van der Waals surface area (Å²) in [7, 11) is -7.21. The molecule has 0 aromatic heterocycles. The topological polar surface area (TPSA) is 68.3 Å². The van der Waals surface area contributed by atoms with Crippen molar-refractivity contribution >= 4 is 31.3 Å². The van der Waals surface area contributed by atoms with Crippen LogP contribution in [-0.4, -0.2) is 23.1 Å². The van der Waals surface area contributed by atoms with E-state index >= 15 is 0 Å².